The predicted molar refractivity (Wildman–Crippen MR) is 61.3 cm³/mol. The van der Waals surface area contributed by atoms with Crippen LogP contribution in [-0.2, 0) is 11.6 Å². The summed E-state index contributed by atoms with van der Waals surface area (Å²) in [6.45, 7) is -2.51. The second-order valence-corrected chi connectivity index (χ2v) is 3.96. The standard InChI is InChI=1S/C12H12F3N.ClH/c13-12(14,15)9-3-1-2-8(4-9)11-5-10(11)6-16-7-11;/h1-4,10,16H,5-7H2;1H/i5D2,6D2,10D;. The Morgan fingerprint density at radius 1 is 1.47 bits per heavy atom. The number of nitrogens with one attached hydrogen (secondary N) is 1. The molecule has 2 aliphatic rings. The van der Waals surface area contributed by atoms with Gasteiger partial charge in [0.25, 0.3) is 0 Å². The normalized spacial score (nSPS) is 45.2. The Morgan fingerprint density at radius 2 is 2.24 bits per heavy atom. The Labute approximate surface area is 111 Å². The van der Waals surface area contributed by atoms with Crippen LogP contribution in [0.2, 0.25) is 0 Å². The van der Waals surface area contributed by atoms with Crippen LogP contribution in [0.3, 0.4) is 0 Å². The van der Waals surface area contributed by atoms with Crippen molar-refractivity contribution in [2.45, 2.75) is 18.0 Å². The maximum Gasteiger partial charge on any atom is 0.416 e. The summed E-state index contributed by atoms with van der Waals surface area (Å²) in [6.07, 6.45) is -6.80. The lowest BCUT2D eigenvalue weighted by Gasteiger charge is -2.14. The van der Waals surface area contributed by atoms with Gasteiger partial charge in [0.1, 0.15) is 0 Å². The summed E-state index contributed by atoms with van der Waals surface area (Å²) in [4.78, 5) is 0. The first-order valence-electron chi connectivity index (χ1n) is 7.35. The summed E-state index contributed by atoms with van der Waals surface area (Å²) in [5.74, 6) is -2.14. The molecule has 1 saturated carbocycles. The molecule has 17 heavy (non-hydrogen) atoms. The van der Waals surface area contributed by atoms with Crippen molar-refractivity contribution in [1.29, 1.82) is 0 Å². The molecule has 1 aromatic rings. The second-order valence-electron chi connectivity index (χ2n) is 3.96. The second kappa shape index (κ2) is 3.89. The summed E-state index contributed by atoms with van der Waals surface area (Å²) in [6, 6.07) is 4.18. The minimum Gasteiger partial charge on any atom is -0.316 e. The lowest BCUT2D eigenvalue weighted by Crippen LogP contribution is -2.19. The van der Waals surface area contributed by atoms with Gasteiger partial charge in [-0.2, -0.15) is 13.2 Å². The van der Waals surface area contributed by atoms with Crippen LogP contribution in [0, 0.1) is 5.89 Å². The van der Waals surface area contributed by atoms with Crippen molar-refractivity contribution in [3.8, 4) is 0 Å². The van der Waals surface area contributed by atoms with E-state index in [1.165, 1.54) is 6.07 Å². The Hall–Kier alpha value is -0.740. The van der Waals surface area contributed by atoms with Gasteiger partial charge in [0.05, 0.1) is 5.56 Å². The fourth-order valence-corrected chi connectivity index (χ4v) is 2.00. The fraction of sp³-hybridized carbons (Fsp3) is 0.500. The molecule has 0 amide bonds. The molecule has 0 spiro atoms. The zero-order valence-electron chi connectivity index (χ0n) is 13.6. The van der Waals surface area contributed by atoms with E-state index >= 15 is 0 Å². The Kier molecular flexibility index (Phi) is 1.75. The Morgan fingerprint density at radius 3 is 2.82 bits per heavy atom. The lowest BCUT2D eigenvalue weighted by molar-refractivity contribution is -0.137. The topological polar surface area (TPSA) is 12.0 Å². The number of alkyl halides is 3. The smallest absolute Gasteiger partial charge is 0.316 e. The van der Waals surface area contributed by atoms with E-state index in [0.717, 1.165) is 18.2 Å². The molecule has 2 fully saturated rings. The SMILES string of the molecule is Cl.[2H]C1([2H])NCC2(c3cccc(C(F)(F)F)c3)C([2H])([2H])C12[2H]. The van der Waals surface area contributed by atoms with Crippen molar-refractivity contribution < 1.29 is 20.0 Å². The van der Waals surface area contributed by atoms with Crippen LogP contribution in [0.5, 0.6) is 0 Å². The molecule has 94 valence electrons. The van der Waals surface area contributed by atoms with E-state index < -0.39 is 35.9 Å². The van der Waals surface area contributed by atoms with Gasteiger partial charge in [-0.3, -0.25) is 0 Å². The number of hydrogen-bond donors (Lipinski definition) is 1. The molecule has 3 rings (SSSR count). The van der Waals surface area contributed by atoms with Gasteiger partial charge in [0, 0.05) is 18.8 Å². The van der Waals surface area contributed by atoms with E-state index in [1.54, 1.807) is 0 Å². The van der Waals surface area contributed by atoms with E-state index in [2.05, 4.69) is 5.32 Å². The maximum atomic E-state index is 12.8. The average Bonchev–Trinajstić information content (AvgIpc) is 2.63. The lowest BCUT2D eigenvalue weighted by atomic mass is 9.93. The van der Waals surface area contributed by atoms with Crippen LogP contribution in [0.25, 0.3) is 0 Å². The van der Waals surface area contributed by atoms with Crippen LogP contribution in [0.4, 0.5) is 13.2 Å². The molecule has 0 radical (unpaired) electrons. The number of fused-ring (bicyclic) bond motifs is 1. The molecule has 1 nitrogen and oxygen atoms in total. The molecule has 1 aliphatic carbocycles. The Balaban J connectivity index is 0.00000176. The first kappa shape index (κ1) is 7.64. The van der Waals surface area contributed by atoms with Gasteiger partial charge in [0.15, 0.2) is 0 Å². The molecular weight excluding hydrogens is 251 g/mol. The van der Waals surface area contributed by atoms with E-state index in [0.29, 0.717) is 0 Å². The van der Waals surface area contributed by atoms with Crippen molar-refractivity contribution in [3.05, 3.63) is 35.4 Å². The van der Waals surface area contributed by atoms with Crippen LogP contribution >= 0.6 is 12.4 Å². The highest BCUT2D eigenvalue weighted by Crippen LogP contribution is 2.56. The summed E-state index contributed by atoms with van der Waals surface area (Å²) >= 11 is 0. The van der Waals surface area contributed by atoms with Crippen molar-refractivity contribution >= 4 is 12.4 Å². The van der Waals surface area contributed by atoms with Gasteiger partial charge in [-0.05, 0) is 30.4 Å². The zero-order valence-corrected chi connectivity index (χ0v) is 9.38. The minimum absolute atomic E-state index is 0. The molecule has 0 bridgehead atoms. The predicted octanol–water partition coefficient (Wildman–Crippen LogP) is 2.99. The van der Waals surface area contributed by atoms with Gasteiger partial charge in [-0.25, -0.2) is 0 Å². The third kappa shape index (κ3) is 1.93. The third-order valence-corrected chi connectivity index (χ3v) is 2.95. The number of piperidine rings is 1. The highest BCUT2D eigenvalue weighted by atomic mass is 35.5. The summed E-state index contributed by atoms with van der Waals surface area (Å²) in [7, 11) is 0. The average molecular weight is 269 g/mol. The van der Waals surface area contributed by atoms with Gasteiger partial charge >= 0.3 is 6.18 Å². The highest BCUT2D eigenvalue weighted by molar-refractivity contribution is 5.85. The summed E-state index contributed by atoms with van der Waals surface area (Å²) in [5, 5.41) is 2.41. The van der Waals surface area contributed by atoms with Crippen LogP contribution < -0.4 is 5.32 Å². The molecular formula is C12H13ClF3N. The third-order valence-electron chi connectivity index (χ3n) is 2.95. The monoisotopic (exact) mass is 268 g/mol. The van der Waals surface area contributed by atoms with Crippen molar-refractivity contribution in [2.75, 3.05) is 13.0 Å². The first-order chi connectivity index (χ1) is 9.42. The van der Waals surface area contributed by atoms with Crippen molar-refractivity contribution in [1.82, 2.24) is 5.32 Å². The molecule has 1 aromatic carbocycles. The van der Waals surface area contributed by atoms with Crippen LogP contribution in [0.1, 0.15) is 24.4 Å². The summed E-state index contributed by atoms with van der Waals surface area (Å²) < 4.78 is 78.0. The summed E-state index contributed by atoms with van der Waals surface area (Å²) in [5.41, 5.74) is -2.52. The molecule has 1 aliphatic heterocycles. The van der Waals surface area contributed by atoms with Gasteiger partial charge in [-0.1, -0.05) is 18.2 Å². The molecule has 2 unspecified atom stereocenters. The molecule has 0 aromatic heterocycles. The van der Waals surface area contributed by atoms with Crippen LogP contribution in [-0.4, -0.2) is 13.0 Å². The van der Waals surface area contributed by atoms with Gasteiger partial charge in [-0.15, -0.1) is 12.4 Å². The van der Waals surface area contributed by atoms with Gasteiger partial charge in [0.2, 0.25) is 0 Å². The molecule has 2 atom stereocenters. The number of halogens is 4. The molecule has 1 N–H and O–H groups in total. The fourth-order valence-electron chi connectivity index (χ4n) is 2.00. The van der Waals surface area contributed by atoms with E-state index in [9.17, 15) is 13.2 Å². The number of rotatable bonds is 1. The Bertz CT molecular complexity index is 623. The molecule has 1 saturated heterocycles. The van der Waals surface area contributed by atoms with Crippen LogP contribution in [0.15, 0.2) is 24.3 Å². The first-order valence-corrected chi connectivity index (χ1v) is 4.85. The quantitative estimate of drug-likeness (QED) is 0.826. The minimum atomic E-state index is -4.57. The zero-order chi connectivity index (χ0) is 15.9. The largest absolute Gasteiger partial charge is 0.416 e. The molecule has 1 heterocycles. The number of benzene rings is 1. The highest BCUT2D eigenvalue weighted by Gasteiger charge is 2.58. The maximum absolute atomic E-state index is 12.8. The number of hydrogen-bond acceptors (Lipinski definition) is 1. The van der Waals surface area contributed by atoms with E-state index in [-0.39, 0.29) is 24.5 Å². The molecule has 5 heteroatoms. The van der Waals surface area contributed by atoms with Crippen molar-refractivity contribution in [3.63, 3.8) is 0 Å². The van der Waals surface area contributed by atoms with E-state index in [4.69, 9.17) is 6.85 Å². The van der Waals surface area contributed by atoms with Crippen molar-refractivity contribution in [2.24, 2.45) is 5.89 Å². The van der Waals surface area contributed by atoms with E-state index in [1.807, 2.05) is 0 Å². The van der Waals surface area contributed by atoms with Gasteiger partial charge < -0.3 is 5.32 Å².